The van der Waals surface area contributed by atoms with Crippen LogP contribution in [-0.4, -0.2) is 12.5 Å². The first-order valence-corrected chi connectivity index (χ1v) is 5.88. The molecule has 1 aromatic rings. The first-order chi connectivity index (χ1) is 8.40. The molecule has 1 atom stereocenters. The molecule has 3 N–H and O–H groups in total. The Kier molecular flexibility index (Phi) is 4.78. The summed E-state index contributed by atoms with van der Waals surface area (Å²) >= 11 is 0. The summed E-state index contributed by atoms with van der Waals surface area (Å²) in [6.07, 6.45) is 0.620. The number of carbonyl (C=O) groups is 1. The molecule has 0 aliphatic heterocycles. The standard InChI is InChI=1S/C13H18F2N2O/c1-3-7-17-13(2,8-11(16)18)12-9(14)5-4-6-10(12)15/h4-6,17H,3,7-8H2,1-2H3,(H2,16,18). The summed E-state index contributed by atoms with van der Waals surface area (Å²) in [5.74, 6) is -1.96. The maximum Gasteiger partial charge on any atom is 0.219 e. The van der Waals surface area contributed by atoms with E-state index in [1.807, 2.05) is 6.92 Å². The summed E-state index contributed by atoms with van der Waals surface area (Å²) in [5, 5.41) is 2.99. The van der Waals surface area contributed by atoms with Crippen LogP contribution >= 0.6 is 0 Å². The van der Waals surface area contributed by atoms with E-state index in [9.17, 15) is 13.6 Å². The van der Waals surface area contributed by atoms with Gasteiger partial charge in [-0.05, 0) is 32.0 Å². The fourth-order valence-electron chi connectivity index (χ4n) is 2.01. The Morgan fingerprint density at radius 2 is 1.94 bits per heavy atom. The van der Waals surface area contributed by atoms with Crippen molar-refractivity contribution < 1.29 is 13.6 Å². The maximum atomic E-state index is 13.8. The monoisotopic (exact) mass is 256 g/mol. The zero-order chi connectivity index (χ0) is 13.8. The lowest BCUT2D eigenvalue weighted by atomic mass is 9.87. The summed E-state index contributed by atoms with van der Waals surface area (Å²) in [6.45, 7) is 4.04. The van der Waals surface area contributed by atoms with E-state index in [0.717, 1.165) is 6.42 Å². The zero-order valence-electron chi connectivity index (χ0n) is 10.6. The van der Waals surface area contributed by atoms with Crippen molar-refractivity contribution in [3.63, 3.8) is 0 Å². The molecule has 1 rings (SSSR count). The molecule has 0 aliphatic carbocycles. The van der Waals surface area contributed by atoms with Gasteiger partial charge >= 0.3 is 0 Å². The maximum absolute atomic E-state index is 13.8. The Balaban J connectivity index is 3.20. The van der Waals surface area contributed by atoms with Gasteiger partial charge in [0.2, 0.25) is 5.91 Å². The SMILES string of the molecule is CCCNC(C)(CC(N)=O)c1c(F)cccc1F. The average molecular weight is 256 g/mol. The van der Waals surface area contributed by atoms with E-state index in [1.165, 1.54) is 18.2 Å². The van der Waals surface area contributed by atoms with Gasteiger partial charge in [0, 0.05) is 12.0 Å². The van der Waals surface area contributed by atoms with E-state index >= 15 is 0 Å². The molecule has 0 spiro atoms. The lowest BCUT2D eigenvalue weighted by Crippen LogP contribution is -2.44. The van der Waals surface area contributed by atoms with Crippen LogP contribution in [-0.2, 0) is 10.3 Å². The summed E-state index contributed by atoms with van der Waals surface area (Å²) in [6, 6.07) is 3.63. The molecule has 0 fully saturated rings. The van der Waals surface area contributed by atoms with Crippen molar-refractivity contribution in [2.45, 2.75) is 32.2 Å². The van der Waals surface area contributed by atoms with Gasteiger partial charge in [-0.25, -0.2) is 8.78 Å². The third kappa shape index (κ3) is 3.26. The highest BCUT2D eigenvalue weighted by Gasteiger charge is 2.33. The van der Waals surface area contributed by atoms with E-state index < -0.39 is 23.1 Å². The molecule has 1 unspecified atom stereocenters. The largest absolute Gasteiger partial charge is 0.370 e. The molecule has 3 nitrogen and oxygen atoms in total. The molecule has 0 aliphatic rings. The van der Waals surface area contributed by atoms with Gasteiger partial charge in [-0.1, -0.05) is 13.0 Å². The van der Waals surface area contributed by atoms with Crippen molar-refractivity contribution in [1.29, 1.82) is 0 Å². The molecule has 5 heteroatoms. The van der Waals surface area contributed by atoms with E-state index in [-0.39, 0.29) is 12.0 Å². The fourth-order valence-corrected chi connectivity index (χ4v) is 2.01. The van der Waals surface area contributed by atoms with Crippen LogP contribution in [0.4, 0.5) is 8.78 Å². The first-order valence-electron chi connectivity index (χ1n) is 5.88. The van der Waals surface area contributed by atoms with E-state index in [4.69, 9.17) is 5.73 Å². The predicted octanol–water partition coefficient (Wildman–Crippen LogP) is 2.05. The van der Waals surface area contributed by atoms with Gasteiger partial charge in [-0.2, -0.15) is 0 Å². The van der Waals surface area contributed by atoms with Crippen LogP contribution in [0.2, 0.25) is 0 Å². The van der Waals surface area contributed by atoms with Gasteiger partial charge in [0.25, 0.3) is 0 Å². The van der Waals surface area contributed by atoms with Crippen LogP contribution in [0.25, 0.3) is 0 Å². The van der Waals surface area contributed by atoms with Crippen molar-refractivity contribution >= 4 is 5.91 Å². The number of nitrogens with one attached hydrogen (secondary N) is 1. The third-order valence-electron chi connectivity index (χ3n) is 2.81. The highest BCUT2D eigenvalue weighted by Crippen LogP contribution is 2.29. The lowest BCUT2D eigenvalue weighted by Gasteiger charge is -2.31. The Morgan fingerprint density at radius 1 is 1.39 bits per heavy atom. The van der Waals surface area contributed by atoms with Gasteiger partial charge in [0.1, 0.15) is 11.6 Å². The molecular weight excluding hydrogens is 238 g/mol. The molecule has 0 aromatic heterocycles. The van der Waals surface area contributed by atoms with Crippen LogP contribution in [0.1, 0.15) is 32.3 Å². The number of benzene rings is 1. The molecule has 0 bridgehead atoms. The van der Waals surface area contributed by atoms with Crippen molar-refractivity contribution in [2.75, 3.05) is 6.54 Å². The fraction of sp³-hybridized carbons (Fsp3) is 0.462. The van der Waals surface area contributed by atoms with Gasteiger partial charge in [-0.15, -0.1) is 0 Å². The molecular formula is C13H18F2N2O. The number of hydrogen-bond acceptors (Lipinski definition) is 2. The van der Waals surface area contributed by atoms with Crippen molar-refractivity contribution in [3.8, 4) is 0 Å². The normalized spacial score (nSPS) is 14.2. The minimum atomic E-state index is -1.13. The topological polar surface area (TPSA) is 55.1 Å². The quantitative estimate of drug-likeness (QED) is 0.818. The molecule has 0 radical (unpaired) electrons. The highest BCUT2D eigenvalue weighted by atomic mass is 19.1. The minimum absolute atomic E-state index is 0.141. The number of hydrogen-bond donors (Lipinski definition) is 2. The Morgan fingerprint density at radius 3 is 2.39 bits per heavy atom. The summed E-state index contributed by atoms with van der Waals surface area (Å²) in [7, 11) is 0. The van der Waals surface area contributed by atoms with Crippen molar-refractivity contribution in [2.24, 2.45) is 5.73 Å². The molecule has 1 amide bonds. The van der Waals surface area contributed by atoms with Crippen LogP contribution < -0.4 is 11.1 Å². The Hall–Kier alpha value is -1.49. The van der Waals surface area contributed by atoms with Gasteiger partial charge in [0.05, 0.1) is 5.54 Å². The smallest absolute Gasteiger partial charge is 0.219 e. The third-order valence-corrected chi connectivity index (χ3v) is 2.81. The van der Waals surface area contributed by atoms with E-state index in [0.29, 0.717) is 6.54 Å². The first kappa shape index (κ1) is 14.6. The van der Waals surface area contributed by atoms with Gasteiger partial charge in [0.15, 0.2) is 0 Å². The zero-order valence-corrected chi connectivity index (χ0v) is 10.6. The van der Waals surface area contributed by atoms with E-state index in [2.05, 4.69) is 5.32 Å². The predicted molar refractivity (Wildman–Crippen MR) is 65.8 cm³/mol. The second-order valence-electron chi connectivity index (χ2n) is 4.50. The van der Waals surface area contributed by atoms with Gasteiger partial charge in [-0.3, -0.25) is 4.79 Å². The average Bonchev–Trinajstić information content (AvgIpc) is 2.25. The minimum Gasteiger partial charge on any atom is -0.370 e. The number of nitrogens with two attached hydrogens (primary N) is 1. The summed E-state index contributed by atoms with van der Waals surface area (Å²) < 4.78 is 27.6. The lowest BCUT2D eigenvalue weighted by molar-refractivity contribution is -0.119. The van der Waals surface area contributed by atoms with Crippen LogP contribution in [0.15, 0.2) is 18.2 Å². The molecule has 18 heavy (non-hydrogen) atoms. The highest BCUT2D eigenvalue weighted by molar-refractivity contribution is 5.75. The number of amides is 1. The summed E-state index contributed by atoms with van der Waals surface area (Å²) in [4.78, 5) is 11.1. The number of rotatable bonds is 6. The van der Waals surface area contributed by atoms with Crippen LogP contribution in [0, 0.1) is 11.6 Å². The molecule has 0 heterocycles. The van der Waals surface area contributed by atoms with Crippen molar-refractivity contribution in [3.05, 3.63) is 35.4 Å². The number of halogens is 2. The summed E-state index contributed by atoms with van der Waals surface area (Å²) in [5.41, 5.74) is 3.89. The molecule has 1 aromatic carbocycles. The molecule has 100 valence electrons. The number of primary amides is 1. The Labute approximate surface area is 105 Å². The van der Waals surface area contributed by atoms with Crippen LogP contribution in [0.3, 0.4) is 0 Å². The number of carbonyl (C=O) groups excluding carboxylic acids is 1. The molecule has 0 saturated heterocycles. The Bertz CT molecular complexity index is 417. The van der Waals surface area contributed by atoms with Crippen molar-refractivity contribution in [1.82, 2.24) is 5.32 Å². The van der Waals surface area contributed by atoms with Crippen LogP contribution in [0.5, 0.6) is 0 Å². The second kappa shape index (κ2) is 5.91. The second-order valence-corrected chi connectivity index (χ2v) is 4.50. The molecule has 0 saturated carbocycles. The van der Waals surface area contributed by atoms with E-state index in [1.54, 1.807) is 6.92 Å². The van der Waals surface area contributed by atoms with Gasteiger partial charge < -0.3 is 11.1 Å².